The molecule has 1 aromatic carbocycles. The molecule has 0 radical (unpaired) electrons. The zero-order valence-corrected chi connectivity index (χ0v) is 11.6. The highest BCUT2D eigenvalue weighted by molar-refractivity contribution is 5.37. The van der Waals surface area contributed by atoms with E-state index in [0.717, 1.165) is 18.7 Å². The summed E-state index contributed by atoms with van der Waals surface area (Å²) in [5, 5.41) is 8.70. The van der Waals surface area contributed by atoms with Crippen molar-refractivity contribution in [1.82, 2.24) is 4.90 Å². The summed E-state index contributed by atoms with van der Waals surface area (Å²) in [7, 11) is 0. The first-order chi connectivity index (χ1) is 8.67. The van der Waals surface area contributed by atoms with Crippen LogP contribution in [-0.4, -0.2) is 29.2 Å². The highest BCUT2D eigenvalue weighted by Gasteiger charge is 2.08. The molecule has 98 valence electrons. The smallest absolute Gasteiger partial charge is 0.104 e. The lowest BCUT2D eigenvalue weighted by molar-refractivity contribution is 0.213. The Balaban J connectivity index is 2.76. The van der Waals surface area contributed by atoms with Gasteiger partial charge < -0.3 is 5.11 Å². The summed E-state index contributed by atoms with van der Waals surface area (Å²) in [4.78, 5) is 2.46. The molecular weight excluding hydrogens is 222 g/mol. The summed E-state index contributed by atoms with van der Waals surface area (Å²) in [5.74, 6) is 5.64. The maximum Gasteiger partial charge on any atom is 0.104 e. The van der Waals surface area contributed by atoms with Crippen LogP contribution in [0.5, 0.6) is 0 Å². The first kappa shape index (κ1) is 14.8. The lowest BCUT2D eigenvalue weighted by atomic mass is 10.1. The molecule has 0 fully saturated rings. The molecule has 0 aliphatic rings. The highest BCUT2D eigenvalue weighted by Crippen LogP contribution is 2.10. The Morgan fingerprint density at radius 2 is 2.11 bits per heavy atom. The van der Waals surface area contributed by atoms with Crippen LogP contribution < -0.4 is 0 Å². The van der Waals surface area contributed by atoms with Gasteiger partial charge in [0.2, 0.25) is 0 Å². The van der Waals surface area contributed by atoms with E-state index in [1.807, 2.05) is 12.1 Å². The fraction of sp³-hybridized carbons (Fsp3) is 0.500. The molecule has 1 rings (SSSR count). The van der Waals surface area contributed by atoms with Crippen molar-refractivity contribution in [2.75, 3.05) is 13.2 Å². The van der Waals surface area contributed by atoms with Crippen LogP contribution in [0.2, 0.25) is 0 Å². The third-order valence-corrected chi connectivity index (χ3v) is 2.87. The number of aliphatic hydroxyl groups excluding tert-OH is 1. The predicted octanol–water partition coefficient (Wildman–Crippen LogP) is 2.65. The van der Waals surface area contributed by atoms with Gasteiger partial charge in [-0.15, -0.1) is 0 Å². The third-order valence-electron chi connectivity index (χ3n) is 2.87. The molecule has 0 bridgehead atoms. The molecule has 0 saturated carbocycles. The Labute approximate surface area is 111 Å². The van der Waals surface area contributed by atoms with Crippen LogP contribution in [-0.2, 0) is 6.54 Å². The van der Waals surface area contributed by atoms with Gasteiger partial charge in [0.1, 0.15) is 6.61 Å². The van der Waals surface area contributed by atoms with Crippen LogP contribution in [0.1, 0.15) is 38.3 Å². The van der Waals surface area contributed by atoms with Crippen molar-refractivity contribution in [3.05, 3.63) is 35.4 Å². The van der Waals surface area contributed by atoms with Gasteiger partial charge in [0.15, 0.2) is 0 Å². The van der Waals surface area contributed by atoms with E-state index in [0.29, 0.717) is 6.04 Å². The third kappa shape index (κ3) is 4.91. The number of hydrogen-bond donors (Lipinski definition) is 1. The maximum absolute atomic E-state index is 8.70. The lowest BCUT2D eigenvalue weighted by Gasteiger charge is -2.26. The molecule has 0 heterocycles. The number of hydrogen-bond acceptors (Lipinski definition) is 2. The van der Waals surface area contributed by atoms with Crippen molar-refractivity contribution in [2.24, 2.45) is 0 Å². The van der Waals surface area contributed by atoms with Crippen LogP contribution in [0.25, 0.3) is 0 Å². The number of benzene rings is 1. The van der Waals surface area contributed by atoms with Crippen LogP contribution in [0.3, 0.4) is 0 Å². The predicted molar refractivity (Wildman–Crippen MR) is 76.2 cm³/mol. The summed E-state index contributed by atoms with van der Waals surface area (Å²) in [6.45, 7) is 8.65. The standard InChI is InChI=1S/C16H23NO/c1-4-10-17(14(2)3)13-16-8-5-7-15(12-16)9-6-11-18/h5,7-8,12,14,18H,4,10-11,13H2,1-3H3. The van der Waals surface area contributed by atoms with Gasteiger partial charge in [0, 0.05) is 18.2 Å². The molecule has 0 spiro atoms. The Kier molecular flexibility index (Phi) is 6.49. The van der Waals surface area contributed by atoms with Gasteiger partial charge in [-0.25, -0.2) is 0 Å². The zero-order chi connectivity index (χ0) is 13.4. The van der Waals surface area contributed by atoms with E-state index in [9.17, 15) is 0 Å². The van der Waals surface area contributed by atoms with Crippen LogP contribution in [0, 0.1) is 11.8 Å². The second-order valence-electron chi connectivity index (χ2n) is 4.72. The van der Waals surface area contributed by atoms with Crippen molar-refractivity contribution in [3.8, 4) is 11.8 Å². The molecule has 0 aliphatic heterocycles. The van der Waals surface area contributed by atoms with E-state index in [2.05, 4.69) is 49.6 Å². The molecule has 0 atom stereocenters. The zero-order valence-electron chi connectivity index (χ0n) is 11.6. The summed E-state index contributed by atoms with van der Waals surface area (Å²) < 4.78 is 0. The lowest BCUT2D eigenvalue weighted by Crippen LogP contribution is -2.31. The fourth-order valence-electron chi connectivity index (χ4n) is 1.93. The van der Waals surface area contributed by atoms with Gasteiger partial charge in [-0.1, -0.05) is 30.9 Å². The quantitative estimate of drug-likeness (QED) is 0.806. The van der Waals surface area contributed by atoms with Crippen molar-refractivity contribution in [2.45, 2.75) is 39.8 Å². The van der Waals surface area contributed by atoms with Gasteiger partial charge in [-0.2, -0.15) is 0 Å². The van der Waals surface area contributed by atoms with Crippen molar-refractivity contribution in [3.63, 3.8) is 0 Å². The van der Waals surface area contributed by atoms with Gasteiger partial charge in [0.25, 0.3) is 0 Å². The van der Waals surface area contributed by atoms with E-state index in [4.69, 9.17) is 5.11 Å². The maximum atomic E-state index is 8.70. The van der Waals surface area contributed by atoms with Gasteiger partial charge in [-0.05, 0) is 44.5 Å². The minimum absolute atomic E-state index is 0.0851. The fourth-order valence-corrected chi connectivity index (χ4v) is 1.93. The molecule has 0 saturated heterocycles. The Bertz CT molecular complexity index is 415. The van der Waals surface area contributed by atoms with E-state index in [-0.39, 0.29) is 6.61 Å². The highest BCUT2D eigenvalue weighted by atomic mass is 16.2. The molecule has 0 aromatic heterocycles. The van der Waals surface area contributed by atoms with E-state index in [1.54, 1.807) is 0 Å². The van der Waals surface area contributed by atoms with Crippen LogP contribution in [0.4, 0.5) is 0 Å². The summed E-state index contributed by atoms with van der Waals surface area (Å²) in [6.07, 6.45) is 1.17. The minimum atomic E-state index is -0.0851. The first-order valence-corrected chi connectivity index (χ1v) is 6.60. The molecule has 2 heteroatoms. The average molecular weight is 245 g/mol. The van der Waals surface area contributed by atoms with Crippen molar-refractivity contribution >= 4 is 0 Å². The van der Waals surface area contributed by atoms with Gasteiger partial charge in [-0.3, -0.25) is 4.90 Å². The normalized spacial score (nSPS) is 10.6. The van der Waals surface area contributed by atoms with Crippen LogP contribution >= 0.6 is 0 Å². The van der Waals surface area contributed by atoms with E-state index < -0.39 is 0 Å². The molecular formula is C16H23NO. The monoisotopic (exact) mass is 245 g/mol. The number of rotatable bonds is 5. The molecule has 1 aromatic rings. The topological polar surface area (TPSA) is 23.5 Å². The first-order valence-electron chi connectivity index (χ1n) is 6.60. The van der Waals surface area contributed by atoms with Crippen molar-refractivity contribution < 1.29 is 5.11 Å². The summed E-state index contributed by atoms with van der Waals surface area (Å²) >= 11 is 0. The molecule has 0 unspecified atom stereocenters. The minimum Gasteiger partial charge on any atom is -0.384 e. The Morgan fingerprint density at radius 1 is 1.33 bits per heavy atom. The molecule has 0 amide bonds. The second-order valence-corrected chi connectivity index (χ2v) is 4.72. The Morgan fingerprint density at radius 3 is 2.72 bits per heavy atom. The SMILES string of the molecule is CCCN(Cc1cccc(C#CCO)c1)C(C)C. The molecule has 0 aliphatic carbocycles. The molecule has 1 N–H and O–H groups in total. The van der Waals surface area contributed by atoms with E-state index in [1.165, 1.54) is 12.0 Å². The van der Waals surface area contributed by atoms with E-state index >= 15 is 0 Å². The number of aliphatic hydroxyl groups is 1. The summed E-state index contributed by atoms with van der Waals surface area (Å²) in [5.41, 5.74) is 2.25. The van der Waals surface area contributed by atoms with Crippen molar-refractivity contribution in [1.29, 1.82) is 0 Å². The van der Waals surface area contributed by atoms with Gasteiger partial charge >= 0.3 is 0 Å². The number of nitrogens with zero attached hydrogens (tertiary/aromatic N) is 1. The Hall–Kier alpha value is -1.30. The molecule has 18 heavy (non-hydrogen) atoms. The molecule has 2 nitrogen and oxygen atoms in total. The second kappa shape index (κ2) is 7.92. The summed E-state index contributed by atoms with van der Waals surface area (Å²) in [6, 6.07) is 8.80. The van der Waals surface area contributed by atoms with Crippen LogP contribution in [0.15, 0.2) is 24.3 Å². The van der Waals surface area contributed by atoms with Gasteiger partial charge in [0.05, 0.1) is 0 Å². The average Bonchev–Trinajstić information content (AvgIpc) is 2.36. The largest absolute Gasteiger partial charge is 0.384 e.